The van der Waals surface area contributed by atoms with E-state index in [9.17, 15) is 4.79 Å². The Hall–Kier alpha value is -1.89. The van der Waals surface area contributed by atoms with Gasteiger partial charge in [0.1, 0.15) is 5.75 Å². The van der Waals surface area contributed by atoms with E-state index in [4.69, 9.17) is 10.5 Å². The fourth-order valence-electron chi connectivity index (χ4n) is 2.61. The van der Waals surface area contributed by atoms with Crippen molar-refractivity contribution in [1.82, 2.24) is 10.2 Å². The predicted molar refractivity (Wildman–Crippen MR) is 99.4 cm³/mol. The van der Waals surface area contributed by atoms with Gasteiger partial charge in [0.15, 0.2) is 12.6 Å². The number of guanidine groups is 1. The second-order valence-electron chi connectivity index (χ2n) is 6.33. The second-order valence-corrected chi connectivity index (χ2v) is 8.13. The third-order valence-corrected chi connectivity index (χ3v) is 4.96. The summed E-state index contributed by atoms with van der Waals surface area (Å²) in [6.45, 7) is 7.02. The number of carbonyl (C=O) groups is 1. The topological polar surface area (TPSA) is 80.0 Å². The van der Waals surface area contributed by atoms with Crippen LogP contribution in [0.25, 0.3) is 0 Å². The highest BCUT2D eigenvalue weighted by Gasteiger charge is 2.28. The maximum Gasteiger partial charge on any atom is 0.255 e. The van der Waals surface area contributed by atoms with Crippen LogP contribution >= 0.6 is 11.8 Å². The van der Waals surface area contributed by atoms with Crippen molar-refractivity contribution in [2.75, 3.05) is 32.5 Å². The molecule has 7 heteroatoms. The molecule has 1 aliphatic heterocycles. The summed E-state index contributed by atoms with van der Waals surface area (Å²) < 4.78 is 5.57. The molecule has 3 N–H and O–H groups in total. The van der Waals surface area contributed by atoms with Crippen LogP contribution < -0.4 is 15.8 Å². The molecule has 1 aromatic carbocycles. The van der Waals surface area contributed by atoms with Gasteiger partial charge in [0.25, 0.3) is 5.91 Å². The molecule has 0 aromatic heterocycles. The molecule has 0 spiro atoms. The summed E-state index contributed by atoms with van der Waals surface area (Å²) in [5, 5.41) is 3.40. The van der Waals surface area contributed by atoms with Gasteiger partial charge in [-0.2, -0.15) is 11.8 Å². The van der Waals surface area contributed by atoms with Crippen molar-refractivity contribution < 1.29 is 9.53 Å². The van der Waals surface area contributed by atoms with Gasteiger partial charge in [0, 0.05) is 37.2 Å². The average Bonchev–Trinajstić information content (AvgIpc) is 2.53. The van der Waals surface area contributed by atoms with Crippen LogP contribution in [0.5, 0.6) is 5.75 Å². The molecule has 0 bridgehead atoms. The Morgan fingerprint density at radius 3 is 2.96 bits per heavy atom. The Kier molecular flexibility index (Phi) is 6.36. The molecule has 132 valence electrons. The standard InChI is InChI=1S/C17H26N4O2S/c1-17(2)12-21(7-8-24-17)16(19-3)20-10-13-5-4-6-14(9-13)23-11-15(18)22/h4-6,9H,7-8,10-12H2,1-3H3,(H2,18,22)(H,19,20). The highest BCUT2D eigenvalue weighted by atomic mass is 32.2. The molecule has 0 saturated carbocycles. The molecular weight excluding hydrogens is 324 g/mol. The first-order chi connectivity index (χ1) is 11.4. The number of amides is 1. The quantitative estimate of drug-likeness (QED) is 0.621. The van der Waals surface area contributed by atoms with Crippen LogP contribution in [0.2, 0.25) is 0 Å². The smallest absolute Gasteiger partial charge is 0.255 e. The Balaban J connectivity index is 1.93. The van der Waals surface area contributed by atoms with Gasteiger partial charge in [0.2, 0.25) is 0 Å². The normalized spacial score (nSPS) is 17.5. The molecule has 24 heavy (non-hydrogen) atoms. The Morgan fingerprint density at radius 1 is 1.50 bits per heavy atom. The third-order valence-electron chi connectivity index (χ3n) is 3.67. The molecule has 1 aromatic rings. The van der Waals surface area contributed by atoms with E-state index in [1.54, 1.807) is 0 Å². The number of nitrogens with one attached hydrogen (secondary N) is 1. The van der Waals surface area contributed by atoms with Gasteiger partial charge in [-0.3, -0.25) is 9.79 Å². The lowest BCUT2D eigenvalue weighted by Crippen LogP contribution is -2.50. The summed E-state index contributed by atoms with van der Waals surface area (Å²) in [7, 11) is 1.81. The minimum atomic E-state index is -0.482. The lowest BCUT2D eigenvalue weighted by atomic mass is 10.2. The summed E-state index contributed by atoms with van der Waals surface area (Å²) in [6.07, 6.45) is 0. The largest absolute Gasteiger partial charge is 0.484 e. The Morgan fingerprint density at radius 2 is 2.29 bits per heavy atom. The summed E-state index contributed by atoms with van der Waals surface area (Å²) in [6, 6.07) is 7.62. The lowest BCUT2D eigenvalue weighted by Gasteiger charge is -2.39. The van der Waals surface area contributed by atoms with Crippen LogP contribution in [-0.4, -0.2) is 54.0 Å². The number of thioether (sulfide) groups is 1. The van der Waals surface area contributed by atoms with Crippen molar-refractivity contribution in [3.05, 3.63) is 29.8 Å². The lowest BCUT2D eigenvalue weighted by molar-refractivity contribution is -0.119. The highest BCUT2D eigenvalue weighted by molar-refractivity contribution is 8.00. The summed E-state index contributed by atoms with van der Waals surface area (Å²) in [4.78, 5) is 17.5. The van der Waals surface area contributed by atoms with Gasteiger partial charge in [-0.05, 0) is 31.5 Å². The van der Waals surface area contributed by atoms with E-state index in [1.807, 2.05) is 43.1 Å². The highest BCUT2D eigenvalue weighted by Crippen LogP contribution is 2.29. The van der Waals surface area contributed by atoms with Crippen LogP contribution in [-0.2, 0) is 11.3 Å². The van der Waals surface area contributed by atoms with E-state index in [0.717, 1.165) is 30.4 Å². The molecule has 0 atom stereocenters. The van der Waals surface area contributed by atoms with Gasteiger partial charge in [-0.25, -0.2) is 0 Å². The first-order valence-electron chi connectivity index (χ1n) is 7.99. The van der Waals surface area contributed by atoms with E-state index in [0.29, 0.717) is 12.3 Å². The van der Waals surface area contributed by atoms with Crippen molar-refractivity contribution in [2.45, 2.75) is 25.1 Å². The number of hydrogen-bond acceptors (Lipinski definition) is 4. The second kappa shape index (κ2) is 8.28. The van der Waals surface area contributed by atoms with Gasteiger partial charge in [-0.15, -0.1) is 0 Å². The van der Waals surface area contributed by atoms with E-state index in [2.05, 4.69) is 29.1 Å². The first-order valence-corrected chi connectivity index (χ1v) is 8.98. The zero-order valence-electron chi connectivity index (χ0n) is 14.5. The van der Waals surface area contributed by atoms with Crippen LogP contribution in [0.15, 0.2) is 29.3 Å². The number of ether oxygens (including phenoxy) is 1. The minimum absolute atomic E-state index is 0.112. The number of nitrogens with two attached hydrogens (primary N) is 1. The van der Waals surface area contributed by atoms with Crippen molar-refractivity contribution in [1.29, 1.82) is 0 Å². The zero-order valence-corrected chi connectivity index (χ0v) is 15.4. The molecule has 6 nitrogen and oxygen atoms in total. The molecule has 0 radical (unpaired) electrons. The number of hydrogen-bond donors (Lipinski definition) is 2. The van der Waals surface area contributed by atoms with Crippen molar-refractivity contribution in [2.24, 2.45) is 10.7 Å². The molecular formula is C17H26N4O2S. The molecule has 0 aliphatic carbocycles. The fourth-order valence-corrected chi connectivity index (χ4v) is 3.72. The number of aliphatic imine (C=N–C) groups is 1. The maximum absolute atomic E-state index is 10.8. The Labute approximate surface area is 147 Å². The van der Waals surface area contributed by atoms with E-state index < -0.39 is 5.91 Å². The average molecular weight is 350 g/mol. The molecule has 2 rings (SSSR count). The molecule has 1 fully saturated rings. The third kappa shape index (κ3) is 5.63. The molecule has 1 heterocycles. The number of carbonyl (C=O) groups excluding carboxylic acids is 1. The number of rotatable bonds is 5. The molecule has 1 saturated heterocycles. The van der Waals surface area contributed by atoms with E-state index in [1.165, 1.54) is 0 Å². The first kappa shape index (κ1) is 18.4. The van der Waals surface area contributed by atoms with Crippen LogP contribution in [0.4, 0.5) is 0 Å². The SMILES string of the molecule is CN=C(NCc1cccc(OCC(N)=O)c1)N1CCSC(C)(C)C1. The fraction of sp³-hybridized carbons (Fsp3) is 0.529. The van der Waals surface area contributed by atoms with E-state index >= 15 is 0 Å². The van der Waals surface area contributed by atoms with Crippen LogP contribution in [0.3, 0.4) is 0 Å². The van der Waals surface area contributed by atoms with Gasteiger partial charge >= 0.3 is 0 Å². The molecule has 1 amide bonds. The zero-order chi connectivity index (χ0) is 17.6. The van der Waals surface area contributed by atoms with Crippen LogP contribution in [0, 0.1) is 0 Å². The van der Waals surface area contributed by atoms with Crippen molar-refractivity contribution in [3.63, 3.8) is 0 Å². The summed E-state index contributed by atoms with van der Waals surface area (Å²) in [5.41, 5.74) is 6.16. The van der Waals surface area contributed by atoms with Crippen LogP contribution in [0.1, 0.15) is 19.4 Å². The molecule has 0 unspecified atom stereocenters. The van der Waals surface area contributed by atoms with Gasteiger partial charge < -0.3 is 20.7 Å². The summed E-state index contributed by atoms with van der Waals surface area (Å²) >= 11 is 2.00. The molecule has 1 aliphatic rings. The van der Waals surface area contributed by atoms with Gasteiger partial charge in [0.05, 0.1) is 0 Å². The summed E-state index contributed by atoms with van der Waals surface area (Å²) in [5.74, 6) is 2.17. The van der Waals surface area contributed by atoms with Crippen molar-refractivity contribution >= 4 is 23.6 Å². The number of nitrogens with zero attached hydrogens (tertiary/aromatic N) is 2. The Bertz CT molecular complexity index is 604. The monoisotopic (exact) mass is 350 g/mol. The number of benzene rings is 1. The van der Waals surface area contributed by atoms with Crippen molar-refractivity contribution in [3.8, 4) is 5.75 Å². The predicted octanol–water partition coefficient (Wildman–Crippen LogP) is 1.45. The number of primary amides is 1. The minimum Gasteiger partial charge on any atom is -0.484 e. The maximum atomic E-state index is 10.8. The van der Waals surface area contributed by atoms with E-state index in [-0.39, 0.29) is 11.4 Å². The van der Waals surface area contributed by atoms with Gasteiger partial charge in [-0.1, -0.05) is 12.1 Å².